The van der Waals surface area contributed by atoms with Crippen molar-refractivity contribution in [2.75, 3.05) is 6.54 Å². The highest BCUT2D eigenvalue weighted by molar-refractivity contribution is 6.29. The highest BCUT2D eigenvalue weighted by Crippen LogP contribution is 2.11. The Morgan fingerprint density at radius 2 is 2.29 bits per heavy atom. The zero-order valence-corrected chi connectivity index (χ0v) is 10.8. The maximum Gasteiger partial charge on any atom is 0.251 e. The third-order valence-corrected chi connectivity index (χ3v) is 2.51. The maximum atomic E-state index is 11.8. The van der Waals surface area contributed by atoms with E-state index in [2.05, 4.69) is 10.3 Å². The zero-order valence-electron chi connectivity index (χ0n) is 10.0. The smallest absolute Gasteiger partial charge is 0.251 e. The molecule has 0 spiro atoms. The van der Waals surface area contributed by atoms with E-state index in [1.165, 1.54) is 0 Å². The van der Waals surface area contributed by atoms with Crippen LogP contribution in [0.25, 0.3) is 0 Å². The van der Waals surface area contributed by atoms with E-state index in [-0.39, 0.29) is 5.91 Å². The summed E-state index contributed by atoms with van der Waals surface area (Å²) in [6.07, 6.45) is 0.849. The van der Waals surface area contributed by atoms with Gasteiger partial charge < -0.3 is 10.4 Å². The van der Waals surface area contributed by atoms with Crippen LogP contribution in [0.4, 0.5) is 0 Å². The monoisotopic (exact) mass is 256 g/mol. The second kappa shape index (κ2) is 6.57. The number of aromatic nitrogens is 1. The van der Waals surface area contributed by atoms with Gasteiger partial charge in [-0.05, 0) is 31.9 Å². The molecule has 1 rings (SSSR count). The van der Waals surface area contributed by atoms with E-state index in [1.807, 2.05) is 6.92 Å². The Bertz CT molecular complexity index is 394. The summed E-state index contributed by atoms with van der Waals surface area (Å²) in [5.41, 5.74) is 1.30. The van der Waals surface area contributed by atoms with Crippen molar-refractivity contribution in [3.8, 4) is 0 Å². The number of amides is 1. The fourth-order valence-electron chi connectivity index (χ4n) is 1.36. The molecular weight excluding hydrogens is 240 g/mol. The van der Waals surface area contributed by atoms with Gasteiger partial charge in [0.1, 0.15) is 5.15 Å². The summed E-state index contributed by atoms with van der Waals surface area (Å²) >= 11 is 5.83. The molecule has 0 saturated carbocycles. The van der Waals surface area contributed by atoms with Crippen molar-refractivity contribution >= 4 is 17.5 Å². The molecule has 1 amide bonds. The summed E-state index contributed by atoms with van der Waals surface area (Å²) in [6, 6.07) is 3.27. The van der Waals surface area contributed by atoms with E-state index in [0.29, 0.717) is 23.7 Å². The molecule has 0 aliphatic rings. The number of halogens is 1. The summed E-state index contributed by atoms with van der Waals surface area (Å²) in [5.74, 6) is -0.190. The number of hydrogen-bond acceptors (Lipinski definition) is 3. The maximum absolute atomic E-state index is 11.8. The van der Waals surface area contributed by atoms with Crippen LogP contribution in [-0.2, 0) is 6.42 Å². The molecule has 17 heavy (non-hydrogen) atoms. The molecule has 0 fully saturated rings. The predicted molar refractivity (Wildman–Crippen MR) is 67.3 cm³/mol. The number of aliphatic hydroxyl groups is 1. The number of nitrogens with zero attached hydrogens (tertiary/aromatic N) is 1. The van der Waals surface area contributed by atoms with Gasteiger partial charge in [-0.25, -0.2) is 4.98 Å². The lowest BCUT2D eigenvalue weighted by Gasteiger charge is -2.08. The Hall–Kier alpha value is -1.13. The van der Waals surface area contributed by atoms with Gasteiger partial charge in [0.15, 0.2) is 0 Å². The van der Waals surface area contributed by atoms with Crippen LogP contribution in [0.2, 0.25) is 5.15 Å². The first-order valence-corrected chi connectivity index (χ1v) is 6.03. The van der Waals surface area contributed by atoms with E-state index < -0.39 is 6.10 Å². The number of nitrogens with one attached hydrogen (secondary N) is 1. The Labute approximate surface area is 106 Å². The van der Waals surface area contributed by atoms with Crippen molar-refractivity contribution in [1.29, 1.82) is 0 Å². The minimum Gasteiger partial charge on any atom is -0.393 e. The molecule has 1 aromatic heterocycles. The van der Waals surface area contributed by atoms with Crippen molar-refractivity contribution in [3.63, 3.8) is 0 Å². The van der Waals surface area contributed by atoms with Crippen LogP contribution in [0.1, 0.15) is 36.3 Å². The van der Waals surface area contributed by atoms with Crippen LogP contribution in [0, 0.1) is 0 Å². The third kappa shape index (κ3) is 4.71. The lowest BCUT2D eigenvalue weighted by Crippen LogP contribution is -2.26. The molecule has 1 heterocycles. The van der Waals surface area contributed by atoms with Gasteiger partial charge in [-0.15, -0.1) is 0 Å². The SMILES string of the molecule is CCc1cc(C(=O)NCCC(C)O)cc(Cl)n1. The van der Waals surface area contributed by atoms with Gasteiger partial charge in [-0.2, -0.15) is 0 Å². The highest BCUT2D eigenvalue weighted by atomic mass is 35.5. The molecule has 5 heteroatoms. The number of pyridine rings is 1. The van der Waals surface area contributed by atoms with Crippen LogP contribution < -0.4 is 5.32 Å². The lowest BCUT2D eigenvalue weighted by molar-refractivity contribution is 0.0945. The van der Waals surface area contributed by atoms with Crippen LogP contribution >= 0.6 is 11.6 Å². The molecule has 2 N–H and O–H groups in total. The molecule has 1 atom stereocenters. The average Bonchev–Trinajstić information content (AvgIpc) is 2.27. The number of carbonyl (C=O) groups is 1. The second-order valence-corrected chi connectivity index (χ2v) is 4.30. The van der Waals surface area contributed by atoms with Gasteiger partial charge in [0.2, 0.25) is 0 Å². The van der Waals surface area contributed by atoms with Gasteiger partial charge in [-0.1, -0.05) is 18.5 Å². The Morgan fingerprint density at radius 1 is 1.59 bits per heavy atom. The third-order valence-electron chi connectivity index (χ3n) is 2.32. The highest BCUT2D eigenvalue weighted by Gasteiger charge is 2.08. The van der Waals surface area contributed by atoms with Crippen molar-refractivity contribution in [3.05, 3.63) is 28.5 Å². The van der Waals surface area contributed by atoms with Crippen molar-refractivity contribution in [2.24, 2.45) is 0 Å². The lowest BCUT2D eigenvalue weighted by atomic mass is 10.2. The standard InChI is InChI=1S/C12H17ClN2O2/c1-3-10-6-9(7-11(13)15-10)12(17)14-5-4-8(2)16/h6-8,16H,3-5H2,1-2H3,(H,14,17). The Balaban J connectivity index is 2.65. The summed E-state index contributed by atoms with van der Waals surface area (Å²) < 4.78 is 0. The quantitative estimate of drug-likeness (QED) is 0.790. The first kappa shape index (κ1) is 13.9. The minimum atomic E-state index is -0.414. The molecule has 0 saturated heterocycles. The predicted octanol–water partition coefficient (Wildman–Crippen LogP) is 1.80. The van der Waals surface area contributed by atoms with E-state index in [1.54, 1.807) is 19.1 Å². The van der Waals surface area contributed by atoms with Gasteiger partial charge in [0.25, 0.3) is 5.91 Å². The first-order chi connectivity index (χ1) is 8.02. The molecule has 0 aromatic carbocycles. The van der Waals surface area contributed by atoms with Crippen molar-refractivity contribution in [1.82, 2.24) is 10.3 Å². The molecule has 1 aromatic rings. The molecule has 0 aliphatic heterocycles. The van der Waals surface area contributed by atoms with Gasteiger partial charge in [0, 0.05) is 17.8 Å². The molecule has 94 valence electrons. The second-order valence-electron chi connectivity index (χ2n) is 3.92. The van der Waals surface area contributed by atoms with Crippen molar-refractivity contribution < 1.29 is 9.90 Å². The minimum absolute atomic E-state index is 0.190. The molecule has 0 bridgehead atoms. The summed E-state index contributed by atoms with van der Waals surface area (Å²) in [5, 5.41) is 12.1. The number of aliphatic hydroxyl groups excluding tert-OH is 1. The van der Waals surface area contributed by atoms with Crippen LogP contribution in [-0.4, -0.2) is 28.6 Å². The summed E-state index contributed by atoms with van der Waals surface area (Å²) in [4.78, 5) is 15.9. The van der Waals surface area contributed by atoms with Crippen LogP contribution in [0.15, 0.2) is 12.1 Å². The van der Waals surface area contributed by atoms with Crippen LogP contribution in [0.3, 0.4) is 0 Å². The van der Waals surface area contributed by atoms with E-state index in [4.69, 9.17) is 16.7 Å². The number of carbonyl (C=O) groups excluding carboxylic acids is 1. The van der Waals surface area contributed by atoms with Gasteiger partial charge in [0.05, 0.1) is 6.10 Å². The Morgan fingerprint density at radius 3 is 2.88 bits per heavy atom. The zero-order chi connectivity index (χ0) is 12.8. The van der Waals surface area contributed by atoms with E-state index in [0.717, 1.165) is 12.1 Å². The van der Waals surface area contributed by atoms with Crippen molar-refractivity contribution in [2.45, 2.75) is 32.8 Å². The van der Waals surface area contributed by atoms with Crippen LogP contribution in [0.5, 0.6) is 0 Å². The molecular formula is C12H17ClN2O2. The van der Waals surface area contributed by atoms with E-state index in [9.17, 15) is 4.79 Å². The number of hydrogen-bond donors (Lipinski definition) is 2. The number of aryl methyl sites for hydroxylation is 1. The first-order valence-electron chi connectivity index (χ1n) is 5.65. The fourth-order valence-corrected chi connectivity index (χ4v) is 1.59. The van der Waals surface area contributed by atoms with E-state index >= 15 is 0 Å². The molecule has 4 nitrogen and oxygen atoms in total. The largest absolute Gasteiger partial charge is 0.393 e. The number of rotatable bonds is 5. The molecule has 0 aliphatic carbocycles. The fraction of sp³-hybridized carbons (Fsp3) is 0.500. The molecule has 0 radical (unpaired) electrons. The average molecular weight is 257 g/mol. The normalized spacial score (nSPS) is 12.2. The van der Waals surface area contributed by atoms with Gasteiger partial charge in [-0.3, -0.25) is 4.79 Å². The Kier molecular flexibility index (Phi) is 5.38. The van der Waals surface area contributed by atoms with Gasteiger partial charge >= 0.3 is 0 Å². The topological polar surface area (TPSA) is 62.2 Å². The summed E-state index contributed by atoms with van der Waals surface area (Å²) in [7, 11) is 0. The summed E-state index contributed by atoms with van der Waals surface area (Å²) in [6.45, 7) is 4.08. The molecule has 1 unspecified atom stereocenters.